The summed E-state index contributed by atoms with van der Waals surface area (Å²) in [6.45, 7) is 9.18. The van der Waals surface area contributed by atoms with Gasteiger partial charge in [0.1, 0.15) is 0 Å². The smallest absolute Gasteiger partial charge is 0.317 e. The number of hydrogen-bond donors (Lipinski definition) is 1. The third-order valence-electron chi connectivity index (χ3n) is 3.29. The lowest BCUT2D eigenvalue weighted by atomic mass is 9.63. The van der Waals surface area contributed by atoms with E-state index < -0.39 is 0 Å². The minimum atomic E-state index is 0.0264. The zero-order valence-corrected chi connectivity index (χ0v) is 11.6. The van der Waals surface area contributed by atoms with Gasteiger partial charge in [0.25, 0.3) is 0 Å². The third-order valence-corrected chi connectivity index (χ3v) is 3.29. The van der Waals surface area contributed by atoms with E-state index in [1.165, 1.54) is 6.42 Å². The second-order valence-corrected chi connectivity index (χ2v) is 6.95. The van der Waals surface area contributed by atoms with Gasteiger partial charge in [0.05, 0.1) is 0 Å². The molecule has 1 aliphatic carbocycles. The molecule has 0 unspecified atom stereocenters. The van der Waals surface area contributed by atoms with Gasteiger partial charge < -0.3 is 10.2 Å². The minimum Gasteiger partial charge on any atom is -0.335 e. The molecule has 1 saturated carbocycles. The van der Waals surface area contributed by atoms with Gasteiger partial charge in [0.15, 0.2) is 0 Å². The average Bonchev–Trinajstić information content (AvgIpc) is 1.96. The van der Waals surface area contributed by atoms with Crippen molar-refractivity contribution in [1.29, 1.82) is 0 Å². The van der Waals surface area contributed by atoms with E-state index >= 15 is 0 Å². The van der Waals surface area contributed by atoms with Crippen molar-refractivity contribution in [1.82, 2.24) is 10.2 Å². The fraction of sp³-hybridized carbons (Fsp3) is 0.923. The monoisotopic (exact) mass is 226 g/mol. The van der Waals surface area contributed by atoms with Crippen molar-refractivity contribution < 1.29 is 4.79 Å². The van der Waals surface area contributed by atoms with Gasteiger partial charge in [-0.25, -0.2) is 4.79 Å². The molecule has 0 saturated heterocycles. The van der Waals surface area contributed by atoms with Crippen LogP contribution < -0.4 is 5.32 Å². The number of carbonyl (C=O) groups is 1. The van der Waals surface area contributed by atoms with Crippen LogP contribution in [0.4, 0.5) is 4.79 Å². The van der Waals surface area contributed by atoms with E-state index in [9.17, 15) is 4.79 Å². The van der Waals surface area contributed by atoms with Crippen LogP contribution in [-0.2, 0) is 0 Å². The predicted octanol–water partition coefficient (Wildman–Crippen LogP) is 2.86. The SMILES string of the molecule is CN(C)C(=O)NC1CC(C)(C)CC(C)(C)C1. The number of nitrogens with one attached hydrogen (secondary N) is 1. The quantitative estimate of drug-likeness (QED) is 0.732. The molecule has 0 radical (unpaired) electrons. The summed E-state index contributed by atoms with van der Waals surface area (Å²) in [5.74, 6) is 0. The number of urea groups is 1. The molecule has 1 rings (SSSR count). The van der Waals surface area contributed by atoms with E-state index in [0.717, 1.165) is 12.8 Å². The number of rotatable bonds is 1. The molecule has 1 fully saturated rings. The molecule has 0 heterocycles. The predicted molar refractivity (Wildman–Crippen MR) is 67.4 cm³/mol. The highest BCUT2D eigenvalue weighted by molar-refractivity contribution is 5.73. The van der Waals surface area contributed by atoms with Gasteiger partial charge >= 0.3 is 6.03 Å². The average molecular weight is 226 g/mol. The minimum absolute atomic E-state index is 0.0264. The van der Waals surface area contributed by atoms with Crippen LogP contribution in [0.15, 0.2) is 0 Å². The van der Waals surface area contributed by atoms with Gasteiger partial charge in [-0.05, 0) is 30.1 Å². The summed E-state index contributed by atoms with van der Waals surface area (Å²) in [4.78, 5) is 13.3. The first-order chi connectivity index (χ1) is 7.11. The summed E-state index contributed by atoms with van der Waals surface area (Å²) in [5, 5.41) is 3.12. The lowest BCUT2D eigenvalue weighted by Crippen LogP contribution is -2.48. The molecule has 0 aromatic rings. The first kappa shape index (κ1) is 13.3. The molecule has 0 aromatic heterocycles. The van der Waals surface area contributed by atoms with E-state index in [1.807, 2.05) is 0 Å². The summed E-state index contributed by atoms with van der Waals surface area (Å²) < 4.78 is 0. The van der Waals surface area contributed by atoms with Crippen LogP contribution in [0.1, 0.15) is 47.0 Å². The Bertz CT molecular complexity index is 253. The summed E-state index contributed by atoms with van der Waals surface area (Å²) in [7, 11) is 3.57. The Morgan fingerprint density at radius 1 is 1.12 bits per heavy atom. The van der Waals surface area contributed by atoms with Crippen molar-refractivity contribution in [2.24, 2.45) is 10.8 Å². The van der Waals surface area contributed by atoms with Crippen molar-refractivity contribution in [3.05, 3.63) is 0 Å². The fourth-order valence-electron chi connectivity index (χ4n) is 3.25. The van der Waals surface area contributed by atoms with E-state index in [1.54, 1.807) is 19.0 Å². The Morgan fingerprint density at radius 3 is 1.94 bits per heavy atom. The fourth-order valence-corrected chi connectivity index (χ4v) is 3.25. The highest BCUT2D eigenvalue weighted by Gasteiger charge is 2.38. The van der Waals surface area contributed by atoms with Gasteiger partial charge in [0, 0.05) is 20.1 Å². The lowest BCUT2D eigenvalue weighted by molar-refractivity contribution is 0.0863. The van der Waals surface area contributed by atoms with Gasteiger partial charge in [-0.1, -0.05) is 27.7 Å². The van der Waals surface area contributed by atoms with Crippen molar-refractivity contribution in [3.8, 4) is 0 Å². The summed E-state index contributed by atoms with van der Waals surface area (Å²) in [6.07, 6.45) is 3.39. The largest absolute Gasteiger partial charge is 0.335 e. The molecular weight excluding hydrogens is 200 g/mol. The number of hydrogen-bond acceptors (Lipinski definition) is 1. The third kappa shape index (κ3) is 3.69. The topological polar surface area (TPSA) is 32.3 Å². The van der Waals surface area contributed by atoms with Crippen LogP contribution in [0.25, 0.3) is 0 Å². The van der Waals surface area contributed by atoms with Crippen LogP contribution in [0.2, 0.25) is 0 Å². The van der Waals surface area contributed by atoms with Gasteiger partial charge in [-0.15, -0.1) is 0 Å². The van der Waals surface area contributed by atoms with E-state index in [4.69, 9.17) is 0 Å². The Kier molecular flexibility index (Phi) is 3.56. The molecule has 3 nitrogen and oxygen atoms in total. The van der Waals surface area contributed by atoms with Crippen LogP contribution in [0, 0.1) is 10.8 Å². The van der Waals surface area contributed by atoms with Crippen LogP contribution in [0.3, 0.4) is 0 Å². The second-order valence-electron chi connectivity index (χ2n) is 6.95. The molecule has 0 aliphatic heterocycles. The lowest BCUT2D eigenvalue weighted by Gasteiger charge is -2.45. The number of carbonyl (C=O) groups excluding carboxylic acids is 1. The Hall–Kier alpha value is -0.730. The zero-order valence-electron chi connectivity index (χ0n) is 11.6. The Morgan fingerprint density at radius 2 is 1.56 bits per heavy atom. The van der Waals surface area contributed by atoms with Crippen molar-refractivity contribution in [2.75, 3.05) is 14.1 Å². The maximum absolute atomic E-state index is 11.6. The standard InChI is InChI=1S/C13H26N2O/c1-12(2)7-10(8-13(3,4)9-12)14-11(16)15(5)6/h10H,7-9H2,1-6H3,(H,14,16). The molecule has 2 amide bonds. The first-order valence-electron chi connectivity index (χ1n) is 6.09. The highest BCUT2D eigenvalue weighted by atomic mass is 16.2. The first-order valence-corrected chi connectivity index (χ1v) is 6.09. The maximum Gasteiger partial charge on any atom is 0.317 e. The van der Waals surface area contributed by atoms with Crippen LogP contribution >= 0.6 is 0 Å². The maximum atomic E-state index is 11.6. The van der Waals surface area contributed by atoms with Crippen LogP contribution in [0.5, 0.6) is 0 Å². The molecule has 16 heavy (non-hydrogen) atoms. The molecule has 0 aromatic carbocycles. The highest BCUT2D eigenvalue weighted by Crippen LogP contribution is 2.45. The molecule has 94 valence electrons. The van der Waals surface area contributed by atoms with E-state index in [0.29, 0.717) is 16.9 Å². The number of nitrogens with zero attached hydrogens (tertiary/aromatic N) is 1. The molecule has 0 spiro atoms. The molecule has 3 heteroatoms. The normalized spacial score (nSPS) is 23.9. The molecular formula is C13H26N2O. The van der Waals surface area contributed by atoms with Crippen molar-refractivity contribution in [2.45, 2.75) is 53.0 Å². The van der Waals surface area contributed by atoms with Gasteiger partial charge in [-0.3, -0.25) is 0 Å². The molecule has 1 aliphatic rings. The van der Waals surface area contributed by atoms with Gasteiger partial charge in [-0.2, -0.15) is 0 Å². The summed E-state index contributed by atoms with van der Waals surface area (Å²) >= 11 is 0. The Labute approximate surface area is 99.6 Å². The van der Waals surface area contributed by atoms with Crippen molar-refractivity contribution >= 4 is 6.03 Å². The Balaban J connectivity index is 2.64. The van der Waals surface area contributed by atoms with E-state index in [2.05, 4.69) is 33.0 Å². The second kappa shape index (κ2) is 4.27. The molecule has 1 N–H and O–H groups in total. The van der Waals surface area contributed by atoms with Gasteiger partial charge in [0.2, 0.25) is 0 Å². The van der Waals surface area contributed by atoms with Crippen molar-refractivity contribution in [3.63, 3.8) is 0 Å². The number of amides is 2. The summed E-state index contributed by atoms with van der Waals surface area (Å²) in [5.41, 5.74) is 0.651. The summed E-state index contributed by atoms with van der Waals surface area (Å²) in [6, 6.07) is 0.340. The molecule has 0 bridgehead atoms. The van der Waals surface area contributed by atoms with Crippen LogP contribution in [-0.4, -0.2) is 31.1 Å². The zero-order chi connectivity index (χ0) is 12.6. The van der Waals surface area contributed by atoms with E-state index in [-0.39, 0.29) is 6.03 Å². The molecule has 0 atom stereocenters.